The van der Waals surface area contributed by atoms with Crippen LogP contribution in [0.25, 0.3) is 22.0 Å². The average molecular weight is 291 g/mol. The molecule has 0 radical (unpaired) electrons. The maximum absolute atomic E-state index is 4.28. The molecule has 3 aromatic rings. The second kappa shape index (κ2) is 4.00. The first-order valence-corrected chi connectivity index (χ1v) is 6.22. The Bertz CT molecular complexity index is 655. The Kier molecular flexibility index (Phi) is 2.48. The molecule has 0 saturated heterocycles. The molecule has 3 rings (SSSR count). The zero-order valence-electron chi connectivity index (χ0n) is 9.31. The van der Waals surface area contributed by atoms with Crippen molar-refractivity contribution in [1.82, 2.24) is 19.7 Å². The van der Waals surface area contributed by atoms with Gasteiger partial charge >= 0.3 is 0 Å². The number of aromatic amines is 1. The molecule has 0 aliphatic carbocycles. The first-order chi connectivity index (χ1) is 8.29. The third kappa shape index (κ3) is 1.67. The quantitative estimate of drug-likeness (QED) is 0.737. The van der Waals surface area contributed by atoms with Crippen molar-refractivity contribution in [2.45, 2.75) is 13.5 Å². The number of aryl methyl sites for hydroxylation is 1. The molecular formula is C12H11BrN4. The van der Waals surface area contributed by atoms with E-state index in [1.165, 1.54) is 10.9 Å². The van der Waals surface area contributed by atoms with Gasteiger partial charge in [-0.05, 0) is 28.9 Å². The van der Waals surface area contributed by atoms with E-state index in [-0.39, 0.29) is 0 Å². The Morgan fingerprint density at radius 1 is 1.41 bits per heavy atom. The lowest BCUT2D eigenvalue weighted by atomic mass is 10.1. The summed E-state index contributed by atoms with van der Waals surface area (Å²) in [6.45, 7) is 3.05. The largest absolute Gasteiger partial charge is 0.346 e. The highest BCUT2D eigenvalue weighted by molar-refractivity contribution is 9.10. The molecule has 0 amide bonds. The second-order valence-corrected chi connectivity index (χ2v) is 4.65. The van der Waals surface area contributed by atoms with Crippen molar-refractivity contribution in [2.24, 2.45) is 0 Å². The summed E-state index contributed by atoms with van der Waals surface area (Å²) in [4.78, 5) is 4.28. The van der Waals surface area contributed by atoms with Crippen molar-refractivity contribution in [3.8, 4) is 11.1 Å². The van der Waals surface area contributed by atoms with Gasteiger partial charge in [-0.25, -0.2) is 4.98 Å². The summed E-state index contributed by atoms with van der Waals surface area (Å²) in [5, 5.41) is 8.04. The molecule has 4 nitrogen and oxygen atoms in total. The van der Waals surface area contributed by atoms with Gasteiger partial charge in [0.05, 0.1) is 17.9 Å². The molecule has 0 aliphatic rings. The molecule has 5 heteroatoms. The second-order valence-electron chi connectivity index (χ2n) is 3.84. The van der Waals surface area contributed by atoms with Gasteiger partial charge in [0.1, 0.15) is 4.60 Å². The number of hydrogen-bond acceptors (Lipinski definition) is 2. The van der Waals surface area contributed by atoms with E-state index in [2.05, 4.69) is 48.8 Å². The number of nitrogens with zero attached hydrogens (tertiary/aromatic N) is 3. The molecule has 0 atom stereocenters. The smallest absolute Gasteiger partial charge is 0.106 e. The van der Waals surface area contributed by atoms with Crippen molar-refractivity contribution < 1.29 is 0 Å². The summed E-state index contributed by atoms with van der Waals surface area (Å²) in [6, 6.07) is 2.05. The van der Waals surface area contributed by atoms with Crippen LogP contribution in [0.5, 0.6) is 0 Å². The van der Waals surface area contributed by atoms with Crippen LogP contribution >= 0.6 is 15.9 Å². The van der Waals surface area contributed by atoms with Crippen LogP contribution in [0.15, 0.2) is 35.5 Å². The van der Waals surface area contributed by atoms with E-state index >= 15 is 0 Å². The number of hydrogen-bond donors (Lipinski definition) is 1. The van der Waals surface area contributed by atoms with Gasteiger partial charge in [-0.2, -0.15) is 5.10 Å². The Labute approximate surface area is 107 Å². The molecule has 0 fully saturated rings. The van der Waals surface area contributed by atoms with Crippen LogP contribution in [0.3, 0.4) is 0 Å². The van der Waals surface area contributed by atoms with Gasteiger partial charge in [-0.3, -0.25) is 5.10 Å². The van der Waals surface area contributed by atoms with E-state index in [0.717, 1.165) is 22.2 Å². The Hall–Kier alpha value is -1.62. The number of fused-ring (bicyclic) bond motifs is 1. The number of halogens is 1. The van der Waals surface area contributed by atoms with Crippen LogP contribution in [0.2, 0.25) is 0 Å². The topological polar surface area (TPSA) is 46.5 Å². The van der Waals surface area contributed by atoms with Gasteiger partial charge in [0, 0.05) is 35.5 Å². The zero-order chi connectivity index (χ0) is 11.8. The molecule has 0 aromatic carbocycles. The van der Waals surface area contributed by atoms with E-state index in [1.807, 2.05) is 24.7 Å². The Morgan fingerprint density at radius 3 is 3.00 bits per heavy atom. The average Bonchev–Trinajstić information content (AvgIpc) is 2.94. The van der Waals surface area contributed by atoms with Crippen LogP contribution in [0, 0.1) is 0 Å². The van der Waals surface area contributed by atoms with Gasteiger partial charge in [-0.1, -0.05) is 0 Å². The normalized spacial score (nSPS) is 11.2. The number of pyridine rings is 1. The molecule has 0 saturated carbocycles. The Balaban J connectivity index is 2.34. The minimum atomic E-state index is 0.851. The fourth-order valence-electron chi connectivity index (χ4n) is 2.05. The third-order valence-electron chi connectivity index (χ3n) is 2.88. The van der Waals surface area contributed by atoms with Crippen molar-refractivity contribution in [3.63, 3.8) is 0 Å². The van der Waals surface area contributed by atoms with Crippen molar-refractivity contribution in [2.75, 3.05) is 0 Å². The van der Waals surface area contributed by atoms with Gasteiger partial charge in [0.15, 0.2) is 0 Å². The van der Waals surface area contributed by atoms with Crippen molar-refractivity contribution in [3.05, 3.63) is 35.5 Å². The lowest BCUT2D eigenvalue weighted by molar-refractivity contribution is 0.796. The van der Waals surface area contributed by atoms with Crippen LogP contribution in [0.1, 0.15) is 6.92 Å². The summed E-state index contributed by atoms with van der Waals surface area (Å²) >= 11 is 3.42. The highest BCUT2D eigenvalue weighted by atomic mass is 79.9. The molecular weight excluding hydrogens is 280 g/mol. The van der Waals surface area contributed by atoms with E-state index in [0.29, 0.717) is 0 Å². The summed E-state index contributed by atoms with van der Waals surface area (Å²) in [6.07, 6.45) is 7.78. The molecule has 3 heterocycles. The molecule has 0 spiro atoms. The van der Waals surface area contributed by atoms with Crippen molar-refractivity contribution in [1.29, 1.82) is 0 Å². The lowest BCUT2D eigenvalue weighted by Crippen LogP contribution is -1.90. The van der Waals surface area contributed by atoms with E-state index in [9.17, 15) is 0 Å². The predicted octanol–water partition coefficient (Wildman–Crippen LogP) is 3.21. The van der Waals surface area contributed by atoms with Crippen LogP contribution in [-0.4, -0.2) is 19.7 Å². The summed E-state index contributed by atoms with van der Waals surface area (Å²) in [5.74, 6) is 0. The fraction of sp³-hybridized carbons (Fsp3) is 0.167. The molecule has 17 heavy (non-hydrogen) atoms. The maximum atomic E-state index is 4.28. The molecule has 0 bridgehead atoms. The number of nitrogens with one attached hydrogen (secondary N) is 1. The van der Waals surface area contributed by atoms with Crippen LogP contribution in [-0.2, 0) is 6.54 Å². The minimum Gasteiger partial charge on any atom is -0.346 e. The van der Waals surface area contributed by atoms with Gasteiger partial charge in [-0.15, -0.1) is 0 Å². The van der Waals surface area contributed by atoms with Crippen molar-refractivity contribution >= 4 is 26.8 Å². The standard InChI is InChI=1S/C12H11BrN4/c1-2-17-7-10(8-4-15-16-5-8)9-3-12(13)14-6-11(9)17/h3-7H,2H2,1H3,(H,15,16). The zero-order valence-corrected chi connectivity index (χ0v) is 10.9. The lowest BCUT2D eigenvalue weighted by Gasteiger charge is -1.98. The number of aromatic nitrogens is 4. The maximum Gasteiger partial charge on any atom is 0.106 e. The van der Waals surface area contributed by atoms with E-state index < -0.39 is 0 Å². The molecule has 0 unspecified atom stereocenters. The van der Waals surface area contributed by atoms with Crippen LogP contribution in [0.4, 0.5) is 0 Å². The summed E-state index contributed by atoms with van der Waals surface area (Å²) in [7, 11) is 0. The summed E-state index contributed by atoms with van der Waals surface area (Å²) in [5.41, 5.74) is 3.42. The SMILES string of the molecule is CCn1cc(-c2cn[nH]c2)c2cc(Br)ncc21. The monoisotopic (exact) mass is 290 g/mol. The highest BCUT2D eigenvalue weighted by Gasteiger charge is 2.11. The first-order valence-electron chi connectivity index (χ1n) is 5.43. The van der Waals surface area contributed by atoms with Gasteiger partial charge < -0.3 is 4.57 Å². The third-order valence-corrected chi connectivity index (χ3v) is 3.32. The van der Waals surface area contributed by atoms with E-state index in [4.69, 9.17) is 0 Å². The van der Waals surface area contributed by atoms with Gasteiger partial charge in [0.25, 0.3) is 0 Å². The molecule has 3 aromatic heterocycles. The number of rotatable bonds is 2. The molecule has 0 aliphatic heterocycles. The van der Waals surface area contributed by atoms with Crippen LogP contribution < -0.4 is 0 Å². The Morgan fingerprint density at radius 2 is 2.29 bits per heavy atom. The minimum absolute atomic E-state index is 0.851. The predicted molar refractivity (Wildman–Crippen MR) is 70.7 cm³/mol. The van der Waals surface area contributed by atoms with E-state index in [1.54, 1.807) is 0 Å². The summed E-state index contributed by atoms with van der Waals surface area (Å²) < 4.78 is 3.04. The molecule has 1 N–H and O–H groups in total. The number of H-pyrrole nitrogens is 1. The highest BCUT2D eigenvalue weighted by Crippen LogP contribution is 2.31. The molecule has 86 valence electrons. The fourth-order valence-corrected chi connectivity index (χ4v) is 2.38. The first kappa shape index (κ1) is 10.5. The van der Waals surface area contributed by atoms with Gasteiger partial charge in [0.2, 0.25) is 0 Å².